The van der Waals surface area contributed by atoms with Gasteiger partial charge in [0.05, 0.1) is 0 Å². The first-order chi connectivity index (χ1) is 7.11. The van der Waals surface area contributed by atoms with Gasteiger partial charge in [-0.1, -0.05) is 19.1 Å². The van der Waals surface area contributed by atoms with Gasteiger partial charge in [-0.05, 0) is 30.2 Å². The highest BCUT2D eigenvalue weighted by Gasteiger charge is 2.08. The lowest BCUT2D eigenvalue weighted by molar-refractivity contribution is -0.119. The van der Waals surface area contributed by atoms with Gasteiger partial charge in [0.15, 0.2) is 0 Å². The van der Waals surface area contributed by atoms with Crippen LogP contribution in [0.15, 0.2) is 24.3 Å². The Morgan fingerprint density at radius 2 is 2.00 bits per heavy atom. The van der Waals surface area contributed by atoms with Crippen LogP contribution in [0.3, 0.4) is 0 Å². The number of hydrogen-bond donors (Lipinski definition) is 2. The number of benzene rings is 1. The van der Waals surface area contributed by atoms with Crippen molar-refractivity contribution in [2.75, 3.05) is 6.54 Å². The van der Waals surface area contributed by atoms with Gasteiger partial charge in [0.2, 0.25) is 0 Å². The van der Waals surface area contributed by atoms with Crippen molar-refractivity contribution in [2.45, 2.75) is 19.8 Å². The van der Waals surface area contributed by atoms with Crippen molar-refractivity contribution in [1.29, 1.82) is 0 Å². The summed E-state index contributed by atoms with van der Waals surface area (Å²) in [5.74, 6) is 0.662. The molecule has 1 aromatic rings. The summed E-state index contributed by atoms with van der Waals surface area (Å²) >= 11 is 0. The van der Waals surface area contributed by atoms with Crippen LogP contribution in [0.5, 0.6) is 5.75 Å². The molecule has 0 heterocycles. The van der Waals surface area contributed by atoms with E-state index in [0.717, 1.165) is 5.56 Å². The van der Waals surface area contributed by atoms with Crippen LogP contribution < -0.4 is 5.73 Å². The molecule has 3 heteroatoms. The van der Waals surface area contributed by atoms with Gasteiger partial charge >= 0.3 is 0 Å². The fraction of sp³-hybridized carbons (Fsp3) is 0.417. The number of carbonyl (C=O) groups excluding carboxylic acids is 1. The highest BCUT2D eigenvalue weighted by Crippen LogP contribution is 2.11. The molecule has 82 valence electrons. The number of phenolic OH excluding ortho intramolecular Hbond substituents is 1. The Bertz CT molecular complexity index is 319. The van der Waals surface area contributed by atoms with E-state index in [-0.39, 0.29) is 17.5 Å². The predicted octanol–water partition coefficient (Wildman–Crippen LogP) is 1.49. The second-order valence-corrected chi connectivity index (χ2v) is 3.93. The van der Waals surface area contributed by atoms with Crippen LogP contribution in [-0.2, 0) is 11.2 Å². The average Bonchev–Trinajstić information content (AvgIpc) is 2.21. The van der Waals surface area contributed by atoms with Gasteiger partial charge in [0.1, 0.15) is 11.5 Å². The van der Waals surface area contributed by atoms with Gasteiger partial charge < -0.3 is 10.8 Å². The maximum atomic E-state index is 11.5. The predicted molar refractivity (Wildman–Crippen MR) is 59.7 cm³/mol. The summed E-state index contributed by atoms with van der Waals surface area (Å²) in [6.45, 7) is 2.51. The van der Waals surface area contributed by atoms with Gasteiger partial charge in [-0.2, -0.15) is 0 Å². The lowest BCUT2D eigenvalue weighted by atomic mass is 10.00. The molecular weight excluding hydrogens is 190 g/mol. The number of carbonyl (C=O) groups is 1. The first kappa shape index (κ1) is 11.7. The molecule has 0 aliphatic heterocycles. The van der Waals surface area contributed by atoms with Gasteiger partial charge in [0, 0.05) is 12.8 Å². The minimum absolute atomic E-state index is 0.193. The van der Waals surface area contributed by atoms with Crippen molar-refractivity contribution in [3.63, 3.8) is 0 Å². The topological polar surface area (TPSA) is 63.3 Å². The Hall–Kier alpha value is -1.35. The molecule has 0 spiro atoms. The maximum Gasteiger partial charge on any atom is 0.137 e. The molecule has 0 fully saturated rings. The lowest BCUT2D eigenvalue weighted by Gasteiger charge is -2.06. The number of nitrogens with two attached hydrogens (primary N) is 1. The van der Waals surface area contributed by atoms with Crippen LogP contribution in [0.4, 0.5) is 0 Å². The standard InChI is InChI=1S/C12H17NO2/c1-9(8-13)6-12(15)7-10-2-4-11(14)5-3-10/h2-5,9,14H,6-8,13H2,1H3. The summed E-state index contributed by atoms with van der Waals surface area (Å²) in [7, 11) is 0. The summed E-state index contributed by atoms with van der Waals surface area (Å²) < 4.78 is 0. The summed E-state index contributed by atoms with van der Waals surface area (Å²) in [5.41, 5.74) is 6.38. The molecule has 3 nitrogen and oxygen atoms in total. The fourth-order valence-corrected chi connectivity index (χ4v) is 1.39. The molecule has 0 aliphatic carbocycles. The second-order valence-electron chi connectivity index (χ2n) is 3.93. The molecule has 0 aliphatic rings. The zero-order chi connectivity index (χ0) is 11.3. The van der Waals surface area contributed by atoms with Crippen LogP contribution in [0.25, 0.3) is 0 Å². The number of Topliss-reactive ketones (excluding diaryl/α,β-unsaturated/α-hetero) is 1. The SMILES string of the molecule is CC(CN)CC(=O)Cc1ccc(O)cc1. The van der Waals surface area contributed by atoms with E-state index in [4.69, 9.17) is 10.8 Å². The normalized spacial score (nSPS) is 12.4. The largest absolute Gasteiger partial charge is 0.508 e. The highest BCUT2D eigenvalue weighted by molar-refractivity contribution is 5.81. The Morgan fingerprint density at radius 3 is 2.53 bits per heavy atom. The fourth-order valence-electron chi connectivity index (χ4n) is 1.39. The molecule has 3 N–H and O–H groups in total. The van der Waals surface area contributed by atoms with Crippen LogP contribution in [0.2, 0.25) is 0 Å². The van der Waals surface area contributed by atoms with Crippen molar-refractivity contribution in [3.05, 3.63) is 29.8 Å². The molecule has 0 saturated carbocycles. The number of hydrogen-bond acceptors (Lipinski definition) is 3. The van der Waals surface area contributed by atoms with E-state index in [1.807, 2.05) is 6.92 Å². The van der Waals surface area contributed by atoms with Gasteiger partial charge in [0.25, 0.3) is 0 Å². The Kier molecular flexibility index (Phi) is 4.31. The lowest BCUT2D eigenvalue weighted by Crippen LogP contribution is -2.16. The smallest absolute Gasteiger partial charge is 0.137 e. The molecule has 0 saturated heterocycles. The third kappa shape index (κ3) is 4.13. The Balaban J connectivity index is 2.48. The molecule has 0 bridgehead atoms. The molecule has 1 aromatic carbocycles. The van der Waals surface area contributed by atoms with E-state index in [2.05, 4.69) is 0 Å². The van der Waals surface area contributed by atoms with Crippen molar-refractivity contribution in [1.82, 2.24) is 0 Å². The van der Waals surface area contributed by atoms with Crippen LogP contribution >= 0.6 is 0 Å². The zero-order valence-electron chi connectivity index (χ0n) is 8.94. The average molecular weight is 207 g/mol. The molecule has 15 heavy (non-hydrogen) atoms. The van der Waals surface area contributed by atoms with Crippen molar-refractivity contribution in [3.8, 4) is 5.75 Å². The summed E-state index contributed by atoms with van der Waals surface area (Å²) in [4.78, 5) is 11.5. The first-order valence-corrected chi connectivity index (χ1v) is 5.11. The molecule has 0 amide bonds. The summed E-state index contributed by atoms with van der Waals surface area (Å²) in [6.07, 6.45) is 0.946. The molecule has 0 aromatic heterocycles. The van der Waals surface area contributed by atoms with E-state index in [9.17, 15) is 4.79 Å². The summed E-state index contributed by atoms with van der Waals surface area (Å²) in [5, 5.41) is 9.07. The van der Waals surface area contributed by atoms with Crippen LogP contribution in [0, 0.1) is 5.92 Å². The van der Waals surface area contributed by atoms with Crippen molar-refractivity contribution < 1.29 is 9.90 Å². The molecule has 1 atom stereocenters. The van der Waals surface area contributed by atoms with Gasteiger partial charge in [-0.3, -0.25) is 4.79 Å². The van der Waals surface area contributed by atoms with E-state index >= 15 is 0 Å². The molecule has 1 rings (SSSR count). The van der Waals surface area contributed by atoms with E-state index < -0.39 is 0 Å². The highest BCUT2D eigenvalue weighted by atomic mass is 16.3. The maximum absolute atomic E-state index is 11.5. The van der Waals surface area contributed by atoms with Gasteiger partial charge in [-0.15, -0.1) is 0 Å². The monoisotopic (exact) mass is 207 g/mol. The Labute approximate surface area is 89.9 Å². The quantitative estimate of drug-likeness (QED) is 0.768. The number of aromatic hydroxyl groups is 1. The van der Waals surface area contributed by atoms with Crippen molar-refractivity contribution in [2.24, 2.45) is 11.7 Å². The molecular formula is C12H17NO2. The molecule has 0 radical (unpaired) electrons. The van der Waals surface area contributed by atoms with Gasteiger partial charge in [-0.25, -0.2) is 0 Å². The minimum Gasteiger partial charge on any atom is -0.508 e. The van der Waals surface area contributed by atoms with E-state index in [0.29, 0.717) is 19.4 Å². The van der Waals surface area contributed by atoms with Crippen LogP contribution in [0.1, 0.15) is 18.9 Å². The zero-order valence-corrected chi connectivity index (χ0v) is 8.94. The van der Waals surface area contributed by atoms with E-state index in [1.54, 1.807) is 24.3 Å². The minimum atomic E-state index is 0.193. The summed E-state index contributed by atoms with van der Waals surface area (Å²) in [6, 6.07) is 6.71. The third-order valence-corrected chi connectivity index (χ3v) is 2.32. The van der Waals surface area contributed by atoms with Crippen LogP contribution in [-0.4, -0.2) is 17.4 Å². The van der Waals surface area contributed by atoms with Crippen molar-refractivity contribution >= 4 is 5.78 Å². The second kappa shape index (κ2) is 5.51. The number of ketones is 1. The Morgan fingerprint density at radius 1 is 1.40 bits per heavy atom. The third-order valence-electron chi connectivity index (χ3n) is 2.32. The first-order valence-electron chi connectivity index (χ1n) is 5.11. The molecule has 1 unspecified atom stereocenters. The number of rotatable bonds is 5. The van der Waals surface area contributed by atoms with E-state index in [1.165, 1.54) is 0 Å². The number of phenols is 1.